The van der Waals surface area contributed by atoms with Gasteiger partial charge in [0.2, 0.25) is 0 Å². The molecule has 0 unspecified atom stereocenters. The van der Waals surface area contributed by atoms with Crippen LogP contribution in [0, 0.1) is 5.82 Å². The fraction of sp³-hybridized carbons (Fsp3) is 0.273. The van der Waals surface area contributed by atoms with E-state index in [2.05, 4.69) is 0 Å². The van der Waals surface area contributed by atoms with Gasteiger partial charge in [-0.15, -0.1) is 0 Å². The Labute approximate surface area is 86.9 Å². The molecule has 0 aromatic heterocycles. The first kappa shape index (κ1) is 11.4. The van der Waals surface area contributed by atoms with Gasteiger partial charge in [-0.25, -0.2) is 9.18 Å². The molecule has 0 aliphatic rings. The Morgan fingerprint density at radius 1 is 1.47 bits per heavy atom. The third-order valence-electron chi connectivity index (χ3n) is 1.72. The summed E-state index contributed by atoms with van der Waals surface area (Å²) in [6, 6.07) is 3.85. The van der Waals surface area contributed by atoms with Gasteiger partial charge in [0.1, 0.15) is 11.4 Å². The maximum atomic E-state index is 13.3. The number of carbonyl (C=O) groups is 2. The standard InChI is InChI=1S/C11H11FO3/c1-7(2)15-11(14)10-8(6-13)4-3-5-9(10)12/h3-7H,1-2H3. The van der Waals surface area contributed by atoms with Crippen LogP contribution in [-0.2, 0) is 4.74 Å². The molecular formula is C11H11FO3. The molecular weight excluding hydrogens is 199 g/mol. The molecule has 80 valence electrons. The van der Waals surface area contributed by atoms with Crippen LogP contribution in [0.1, 0.15) is 34.6 Å². The van der Waals surface area contributed by atoms with E-state index in [4.69, 9.17) is 4.74 Å². The maximum Gasteiger partial charge on any atom is 0.342 e. The van der Waals surface area contributed by atoms with Crippen LogP contribution in [0.4, 0.5) is 4.39 Å². The first-order chi connectivity index (χ1) is 7.06. The average Bonchev–Trinajstić information content (AvgIpc) is 2.15. The molecule has 4 heteroatoms. The van der Waals surface area contributed by atoms with Gasteiger partial charge in [0.05, 0.1) is 6.10 Å². The lowest BCUT2D eigenvalue weighted by Crippen LogP contribution is -2.15. The molecule has 0 aliphatic carbocycles. The average molecular weight is 210 g/mol. The zero-order valence-corrected chi connectivity index (χ0v) is 8.49. The van der Waals surface area contributed by atoms with Gasteiger partial charge in [-0.05, 0) is 19.9 Å². The molecule has 0 saturated heterocycles. The molecule has 1 aromatic carbocycles. The van der Waals surface area contributed by atoms with Crippen LogP contribution in [-0.4, -0.2) is 18.4 Å². The van der Waals surface area contributed by atoms with Gasteiger partial charge in [-0.3, -0.25) is 4.79 Å². The molecule has 0 amide bonds. The number of hydrogen-bond donors (Lipinski definition) is 0. The van der Waals surface area contributed by atoms with Gasteiger partial charge in [0, 0.05) is 5.56 Å². The quantitative estimate of drug-likeness (QED) is 0.567. The number of benzene rings is 1. The summed E-state index contributed by atoms with van der Waals surface area (Å²) in [6.45, 7) is 3.30. The highest BCUT2D eigenvalue weighted by Gasteiger charge is 2.18. The lowest BCUT2D eigenvalue weighted by Gasteiger charge is -2.09. The van der Waals surface area contributed by atoms with Crippen LogP contribution < -0.4 is 0 Å². The number of esters is 1. The van der Waals surface area contributed by atoms with Gasteiger partial charge >= 0.3 is 5.97 Å². The second kappa shape index (κ2) is 4.68. The van der Waals surface area contributed by atoms with Crippen molar-refractivity contribution in [3.8, 4) is 0 Å². The molecule has 0 heterocycles. The van der Waals surface area contributed by atoms with Gasteiger partial charge in [0.25, 0.3) is 0 Å². The molecule has 0 radical (unpaired) electrons. The highest BCUT2D eigenvalue weighted by atomic mass is 19.1. The van der Waals surface area contributed by atoms with E-state index in [9.17, 15) is 14.0 Å². The van der Waals surface area contributed by atoms with Gasteiger partial charge in [-0.2, -0.15) is 0 Å². The third-order valence-corrected chi connectivity index (χ3v) is 1.72. The first-order valence-corrected chi connectivity index (χ1v) is 4.51. The van der Waals surface area contributed by atoms with Crippen LogP contribution in [0.25, 0.3) is 0 Å². The minimum atomic E-state index is -0.815. The lowest BCUT2D eigenvalue weighted by atomic mass is 10.1. The Hall–Kier alpha value is -1.71. The SMILES string of the molecule is CC(C)OC(=O)c1c(F)cccc1C=O. The van der Waals surface area contributed by atoms with E-state index in [1.165, 1.54) is 12.1 Å². The Morgan fingerprint density at radius 3 is 2.67 bits per heavy atom. The predicted octanol–water partition coefficient (Wildman–Crippen LogP) is 2.20. The van der Waals surface area contributed by atoms with Gasteiger partial charge in [0.15, 0.2) is 6.29 Å². The van der Waals surface area contributed by atoms with E-state index >= 15 is 0 Å². The molecule has 0 fully saturated rings. The van der Waals surface area contributed by atoms with E-state index in [1.54, 1.807) is 13.8 Å². The lowest BCUT2D eigenvalue weighted by molar-refractivity contribution is 0.0370. The summed E-state index contributed by atoms with van der Waals surface area (Å²) in [5, 5.41) is 0. The molecule has 0 aliphatic heterocycles. The molecule has 0 spiro atoms. The number of halogens is 1. The van der Waals surface area contributed by atoms with Crippen molar-refractivity contribution in [2.75, 3.05) is 0 Å². The summed E-state index contributed by atoms with van der Waals surface area (Å²) in [5.41, 5.74) is -0.304. The summed E-state index contributed by atoms with van der Waals surface area (Å²) in [4.78, 5) is 22.0. The molecule has 15 heavy (non-hydrogen) atoms. The number of carbonyl (C=O) groups excluding carboxylic acids is 2. The Morgan fingerprint density at radius 2 is 2.13 bits per heavy atom. The summed E-state index contributed by atoms with van der Waals surface area (Å²) < 4.78 is 18.1. The smallest absolute Gasteiger partial charge is 0.342 e. The summed E-state index contributed by atoms with van der Waals surface area (Å²) in [7, 11) is 0. The monoisotopic (exact) mass is 210 g/mol. The zero-order valence-electron chi connectivity index (χ0n) is 8.49. The van der Waals surface area contributed by atoms with Crippen molar-refractivity contribution < 1.29 is 18.7 Å². The number of ether oxygens (including phenoxy) is 1. The fourth-order valence-corrected chi connectivity index (χ4v) is 1.13. The number of hydrogen-bond acceptors (Lipinski definition) is 3. The Balaban J connectivity index is 3.11. The molecule has 0 saturated carbocycles. The van der Waals surface area contributed by atoms with Gasteiger partial charge in [-0.1, -0.05) is 12.1 Å². The molecule has 3 nitrogen and oxygen atoms in total. The van der Waals surface area contributed by atoms with Crippen LogP contribution in [0.5, 0.6) is 0 Å². The van der Waals surface area contributed by atoms with Crippen molar-refractivity contribution in [2.24, 2.45) is 0 Å². The summed E-state index contributed by atoms with van der Waals surface area (Å²) in [5.74, 6) is -1.56. The van der Waals surface area contributed by atoms with Crippen LogP contribution in [0.15, 0.2) is 18.2 Å². The summed E-state index contributed by atoms with van der Waals surface area (Å²) in [6.07, 6.45) is 0.0802. The van der Waals surface area contributed by atoms with Crippen molar-refractivity contribution in [2.45, 2.75) is 20.0 Å². The summed E-state index contributed by atoms with van der Waals surface area (Å²) >= 11 is 0. The predicted molar refractivity (Wildman–Crippen MR) is 52.3 cm³/mol. The maximum absolute atomic E-state index is 13.3. The van der Waals surface area contributed by atoms with Crippen molar-refractivity contribution in [3.05, 3.63) is 35.1 Å². The van der Waals surface area contributed by atoms with E-state index in [-0.39, 0.29) is 17.2 Å². The largest absolute Gasteiger partial charge is 0.459 e. The second-order valence-corrected chi connectivity index (χ2v) is 3.28. The van der Waals surface area contributed by atoms with Crippen molar-refractivity contribution >= 4 is 12.3 Å². The second-order valence-electron chi connectivity index (χ2n) is 3.28. The van der Waals surface area contributed by atoms with E-state index in [0.29, 0.717) is 6.29 Å². The minimum Gasteiger partial charge on any atom is -0.459 e. The first-order valence-electron chi connectivity index (χ1n) is 4.51. The molecule has 0 N–H and O–H groups in total. The van der Waals surface area contributed by atoms with Crippen LogP contribution in [0.2, 0.25) is 0 Å². The molecule has 1 aromatic rings. The van der Waals surface area contributed by atoms with E-state index in [1.807, 2.05) is 0 Å². The van der Waals surface area contributed by atoms with Crippen LogP contribution >= 0.6 is 0 Å². The minimum absolute atomic E-state index is 0.000602. The fourth-order valence-electron chi connectivity index (χ4n) is 1.13. The zero-order chi connectivity index (χ0) is 11.4. The normalized spacial score (nSPS) is 10.1. The molecule has 0 bridgehead atoms. The highest BCUT2D eigenvalue weighted by molar-refractivity contribution is 5.98. The van der Waals surface area contributed by atoms with Crippen molar-refractivity contribution in [1.29, 1.82) is 0 Å². The highest BCUT2D eigenvalue weighted by Crippen LogP contribution is 2.14. The van der Waals surface area contributed by atoms with Gasteiger partial charge < -0.3 is 4.74 Å². The van der Waals surface area contributed by atoms with Crippen LogP contribution in [0.3, 0.4) is 0 Å². The Kier molecular flexibility index (Phi) is 3.55. The van der Waals surface area contributed by atoms with E-state index in [0.717, 1.165) is 6.07 Å². The van der Waals surface area contributed by atoms with Crippen molar-refractivity contribution in [1.82, 2.24) is 0 Å². The topological polar surface area (TPSA) is 43.4 Å². The number of rotatable bonds is 3. The van der Waals surface area contributed by atoms with Crippen molar-refractivity contribution in [3.63, 3.8) is 0 Å². The number of aldehydes is 1. The molecule has 1 rings (SSSR count). The van der Waals surface area contributed by atoms with E-state index < -0.39 is 11.8 Å². The Bertz CT molecular complexity index is 385. The molecule has 0 atom stereocenters. The third kappa shape index (κ3) is 2.62.